The molecular formula is C18H18ClN3O3. The van der Waals surface area contributed by atoms with Crippen LogP contribution in [0.15, 0.2) is 42.7 Å². The van der Waals surface area contributed by atoms with Crippen LogP contribution in [0.2, 0.25) is 5.15 Å². The molecule has 0 aliphatic heterocycles. The van der Waals surface area contributed by atoms with Crippen LogP contribution in [0.1, 0.15) is 24.2 Å². The lowest BCUT2D eigenvalue weighted by Gasteiger charge is -2.16. The topological polar surface area (TPSA) is 64.9 Å². The number of imidazole rings is 1. The molecule has 0 radical (unpaired) electrons. The third-order valence-corrected chi connectivity index (χ3v) is 3.67. The van der Waals surface area contributed by atoms with Gasteiger partial charge in [-0.25, -0.2) is 4.98 Å². The van der Waals surface area contributed by atoms with Gasteiger partial charge in [-0.15, -0.1) is 0 Å². The van der Waals surface area contributed by atoms with Crippen LogP contribution in [0.3, 0.4) is 0 Å². The monoisotopic (exact) mass is 359 g/mol. The van der Waals surface area contributed by atoms with E-state index in [1.165, 1.54) is 7.11 Å². The van der Waals surface area contributed by atoms with Crippen LogP contribution >= 0.6 is 11.6 Å². The summed E-state index contributed by atoms with van der Waals surface area (Å²) in [4.78, 5) is 16.9. The fraction of sp³-hybridized carbons (Fsp3) is 0.222. The van der Waals surface area contributed by atoms with Crippen molar-refractivity contribution in [1.82, 2.24) is 9.38 Å². The number of hydrogen-bond acceptors (Lipinski definition) is 4. The lowest BCUT2D eigenvalue weighted by molar-refractivity contribution is 0.102. The predicted molar refractivity (Wildman–Crippen MR) is 96.9 cm³/mol. The van der Waals surface area contributed by atoms with Gasteiger partial charge in [0.15, 0.2) is 0 Å². The molecule has 0 unspecified atom stereocenters. The first-order valence-corrected chi connectivity index (χ1v) is 8.15. The minimum atomic E-state index is -0.295. The Morgan fingerprint density at radius 3 is 2.72 bits per heavy atom. The van der Waals surface area contributed by atoms with Gasteiger partial charge >= 0.3 is 0 Å². The van der Waals surface area contributed by atoms with E-state index in [2.05, 4.69) is 10.3 Å². The van der Waals surface area contributed by atoms with Crippen molar-refractivity contribution in [2.45, 2.75) is 20.0 Å². The number of methoxy groups -OCH3 is 1. The number of amides is 1. The van der Waals surface area contributed by atoms with Gasteiger partial charge < -0.3 is 19.2 Å². The first-order chi connectivity index (χ1) is 12.0. The number of anilines is 1. The molecule has 0 saturated heterocycles. The van der Waals surface area contributed by atoms with Gasteiger partial charge in [-0.05, 0) is 26.0 Å². The van der Waals surface area contributed by atoms with E-state index in [9.17, 15) is 4.79 Å². The molecule has 6 nitrogen and oxygen atoms in total. The van der Waals surface area contributed by atoms with Crippen LogP contribution in [0, 0.1) is 0 Å². The van der Waals surface area contributed by atoms with E-state index in [-0.39, 0.29) is 12.0 Å². The second kappa shape index (κ2) is 7.03. The van der Waals surface area contributed by atoms with Crippen LogP contribution in [-0.2, 0) is 0 Å². The normalized spacial score (nSPS) is 10.9. The second-order valence-corrected chi connectivity index (χ2v) is 6.09. The Morgan fingerprint density at radius 2 is 2.00 bits per heavy atom. The molecule has 0 bridgehead atoms. The molecule has 0 spiro atoms. The molecule has 2 aromatic heterocycles. The van der Waals surface area contributed by atoms with Crippen molar-refractivity contribution in [3.63, 3.8) is 0 Å². The number of aromatic nitrogens is 2. The Kier molecular flexibility index (Phi) is 4.81. The van der Waals surface area contributed by atoms with Crippen LogP contribution in [-0.4, -0.2) is 28.5 Å². The highest BCUT2D eigenvalue weighted by molar-refractivity contribution is 6.29. The second-order valence-electron chi connectivity index (χ2n) is 5.70. The Morgan fingerprint density at radius 1 is 1.24 bits per heavy atom. The first kappa shape index (κ1) is 17.1. The zero-order valence-corrected chi connectivity index (χ0v) is 14.9. The lowest BCUT2D eigenvalue weighted by Crippen LogP contribution is -2.16. The van der Waals surface area contributed by atoms with Gasteiger partial charge in [-0.3, -0.25) is 4.79 Å². The van der Waals surface area contributed by atoms with E-state index in [0.717, 1.165) is 0 Å². The molecule has 0 aliphatic carbocycles. The summed E-state index contributed by atoms with van der Waals surface area (Å²) in [5.41, 5.74) is 1.59. The van der Waals surface area contributed by atoms with Crippen LogP contribution in [0.5, 0.6) is 11.5 Å². The number of ether oxygens (including phenoxy) is 2. The lowest BCUT2D eigenvalue weighted by atomic mass is 10.2. The highest BCUT2D eigenvalue weighted by Gasteiger charge is 2.16. The summed E-state index contributed by atoms with van der Waals surface area (Å²) in [6.07, 6.45) is 3.32. The number of rotatable bonds is 5. The molecule has 25 heavy (non-hydrogen) atoms. The maximum absolute atomic E-state index is 12.7. The molecule has 0 aliphatic rings. The largest absolute Gasteiger partial charge is 0.496 e. The van der Waals surface area contributed by atoms with Gasteiger partial charge in [-0.2, -0.15) is 0 Å². The fourth-order valence-electron chi connectivity index (χ4n) is 2.45. The molecule has 7 heteroatoms. The Hall–Kier alpha value is -2.73. The summed E-state index contributed by atoms with van der Waals surface area (Å²) in [5.74, 6) is 0.725. The van der Waals surface area contributed by atoms with Crippen LogP contribution in [0.4, 0.5) is 5.69 Å². The molecule has 1 amide bonds. The summed E-state index contributed by atoms with van der Waals surface area (Å²) in [7, 11) is 1.53. The van der Waals surface area contributed by atoms with E-state index >= 15 is 0 Å². The van der Waals surface area contributed by atoms with Crippen molar-refractivity contribution in [2.24, 2.45) is 0 Å². The van der Waals surface area contributed by atoms with Crippen molar-refractivity contribution in [3.05, 3.63) is 53.4 Å². The van der Waals surface area contributed by atoms with Gasteiger partial charge in [0, 0.05) is 18.5 Å². The number of nitrogens with one attached hydrogen (secondary N) is 1. The number of pyridine rings is 1. The Balaban J connectivity index is 1.99. The quantitative estimate of drug-likeness (QED) is 0.746. The Bertz CT molecular complexity index is 921. The van der Waals surface area contributed by atoms with Crippen molar-refractivity contribution >= 4 is 28.8 Å². The summed E-state index contributed by atoms with van der Waals surface area (Å²) < 4.78 is 12.8. The summed E-state index contributed by atoms with van der Waals surface area (Å²) in [6.45, 7) is 3.82. The Labute approximate surface area is 150 Å². The highest BCUT2D eigenvalue weighted by Crippen LogP contribution is 2.29. The van der Waals surface area contributed by atoms with E-state index < -0.39 is 0 Å². The molecule has 0 fully saturated rings. The van der Waals surface area contributed by atoms with Crippen molar-refractivity contribution in [2.75, 3.05) is 12.4 Å². The number of halogens is 1. The fourth-order valence-corrected chi connectivity index (χ4v) is 2.64. The van der Waals surface area contributed by atoms with Gasteiger partial charge in [0.25, 0.3) is 5.91 Å². The SMILES string of the molecule is COc1ccccc1C(=O)Nc1cn2cc(Cl)nc2cc1OC(C)C. The molecule has 3 rings (SSSR count). The van der Waals surface area contributed by atoms with Crippen LogP contribution in [0.25, 0.3) is 5.65 Å². The maximum atomic E-state index is 12.7. The molecule has 3 aromatic rings. The van der Waals surface area contributed by atoms with E-state index in [1.54, 1.807) is 41.1 Å². The summed E-state index contributed by atoms with van der Waals surface area (Å²) in [5, 5.41) is 3.24. The average Bonchev–Trinajstić information content (AvgIpc) is 2.93. The zero-order valence-electron chi connectivity index (χ0n) is 14.1. The number of para-hydroxylation sites is 1. The summed E-state index contributed by atoms with van der Waals surface area (Å²) >= 11 is 5.96. The maximum Gasteiger partial charge on any atom is 0.259 e. The molecular weight excluding hydrogens is 342 g/mol. The van der Waals surface area contributed by atoms with E-state index in [4.69, 9.17) is 21.1 Å². The smallest absolute Gasteiger partial charge is 0.259 e. The number of hydrogen-bond donors (Lipinski definition) is 1. The van der Waals surface area contributed by atoms with Gasteiger partial charge in [0.2, 0.25) is 0 Å². The number of carbonyl (C=O) groups is 1. The third-order valence-electron chi connectivity index (χ3n) is 3.49. The standard InChI is InChI=1S/C18H18ClN3O3/c1-11(2)25-15-8-17-21-16(19)10-22(17)9-13(15)20-18(23)12-6-4-5-7-14(12)24-3/h4-11H,1-3H3,(H,20,23). The third kappa shape index (κ3) is 3.69. The minimum Gasteiger partial charge on any atom is -0.496 e. The van der Waals surface area contributed by atoms with Gasteiger partial charge in [0.05, 0.1) is 18.8 Å². The minimum absolute atomic E-state index is 0.0604. The number of fused-ring (bicyclic) bond motifs is 1. The molecule has 1 aromatic carbocycles. The number of benzene rings is 1. The number of carbonyl (C=O) groups excluding carboxylic acids is 1. The average molecular weight is 360 g/mol. The molecule has 1 N–H and O–H groups in total. The number of nitrogens with zero attached hydrogens (tertiary/aromatic N) is 2. The molecule has 0 saturated carbocycles. The van der Waals surface area contributed by atoms with E-state index in [0.29, 0.717) is 33.6 Å². The van der Waals surface area contributed by atoms with Crippen LogP contribution < -0.4 is 14.8 Å². The van der Waals surface area contributed by atoms with E-state index in [1.807, 2.05) is 19.9 Å². The van der Waals surface area contributed by atoms with Crippen molar-refractivity contribution in [1.29, 1.82) is 0 Å². The highest BCUT2D eigenvalue weighted by atomic mass is 35.5. The van der Waals surface area contributed by atoms with Gasteiger partial charge in [0.1, 0.15) is 28.0 Å². The molecule has 130 valence electrons. The first-order valence-electron chi connectivity index (χ1n) is 7.77. The van der Waals surface area contributed by atoms with Gasteiger partial charge in [-0.1, -0.05) is 23.7 Å². The molecule has 0 atom stereocenters. The van der Waals surface area contributed by atoms with Crippen molar-refractivity contribution in [3.8, 4) is 11.5 Å². The summed E-state index contributed by atoms with van der Waals surface area (Å²) in [6, 6.07) is 8.76. The predicted octanol–water partition coefficient (Wildman–Crippen LogP) is 4.04. The van der Waals surface area contributed by atoms with Crippen molar-refractivity contribution < 1.29 is 14.3 Å². The zero-order chi connectivity index (χ0) is 18.0. The molecule has 2 heterocycles.